The first-order chi connectivity index (χ1) is 8.38. The monoisotopic (exact) mass is 232 g/mol. The molecule has 2 heteroatoms. The predicted molar refractivity (Wildman–Crippen MR) is 63.1 cm³/mol. The standard InChI is InChI=1S/C15H20O2/c1-2-13-15(12(1)16-17-13)14-10-4-8-3-9(6-10)7-11(14)5-8/h8-13H,1-7H2. The van der Waals surface area contributed by atoms with Gasteiger partial charge in [-0.15, -0.1) is 0 Å². The van der Waals surface area contributed by atoms with E-state index in [1.54, 1.807) is 5.57 Å². The summed E-state index contributed by atoms with van der Waals surface area (Å²) < 4.78 is 0. The predicted octanol–water partition coefficient (Wildman–Crippen LogP) is 3.23. The summed E-state index contributed by atoms with van der Waals surface area (Å²) in [5.41, 5.74) is 3.43. The maximum Gasteiger partial charge on any atom is 0.117 e. The Morgan fingerprint density at radius 2 is 1.18 bits per heavy atom. The topological polar surface area (TPSA) is 18.5 Å². The number of hydrogen-bond donors (Lipinski definition) is 0. The lowest BCUT2D eigenvalue weighted by atomic mass is 9.53. The molecule has 1 aliphatic heterocycles. The molecule has 0 radical (unpaired) electrons. The van der Waals surface area contributed by atoms with E-state index in [0.717, 1.165) is 23.7 Å². The average molecular weight is 232 g/mol. The van der Waals surface area contributed by atoms with Gasteiger partial charge < -0.3 is 0 Å². The maximum absolute atomic E-state index is 5.46. The highest BCUT2D eigenvalue weighted by atomic mass is 17.2. The molecule has 92 valence electrons. The van der Waals surface area contributed by atoms with Gasteiger partial charge in [-0.25, -0.2) is 9.78 Å². The summed E-state index contributed by atoms with van der Waals surface area (Å²) in [5.74, 6) is 3.94. The zero-order chi connectivity index (χ0) is 11.0. The van der Waals surface area contributed by atoms with E-state index in [1.165, 1.54) is 44.9 Å². The van der Waals surface area contributed by atoms with E-state index in [0.29, 0.717) is 12.2 Å². The summed E-state index contributed by atoms with van der Waals surface area (Å²) >= 11 is 0. The molecular formula is C15H20O2. The first-order valence-electron chi connectivity index (χ1n) is 7.44. The Morgan fingerprint density at radius 3 is 1.65 bits per heavy atom. The van der Waals surface area contributed by atoms with Gasteiger partial charge in [0.1, 0.15) is 12.2 Å². The molecule has 2 atom stereocenters. The summed E-state index contributed by atoms with van der Waals surface area (Å²) in [5, 5.41) is 0. The lowest BCUT2D eigenvalue weighted by Gasteiger charge is -2.52. The second-order valence-electron chi connectivity index (χ2n) is 6.96. The number of allylic oxidation sites excluding steroid dienone is 1. The molecule has 5 aliphatic carbocycles. The van der Waals surface area contributed by atoms with E-state index < -0.39 is 0 Å². The zero-order valence-corrected chi connectivity index (χ0v) is 10.2. The molecule has 6 bridgehead atoms. The van der Waals surface area contributed by atoms with Crippen molar-refractivity contribution in [2.24, 2.45) is 23.7 Å². The van der Waals surface area contributed by atoms with Crippen molar-refractivity contribution >= 4 is 0 Å². The molecule has 1 heterocycles. The quantitative estimate of drug-likeness (QED) is 0.471. The third kappa shape index (κ3) is 1.18. The van der Waals surface area contributed by atoms with Crippen molar-refractivity contribution in [2.75, 3.05) is 0 Å². The van der Waals surface area contributed by atoms with Gasteiger partial charge in [-0.1, -0.05) is 5.57 Å². The van der Waals surface area contributed by atoms with E-state index in [1.807, 2.05) is 5.57 Å². The lowest BCUT2D eigenvalue weighted by Crippen LogP contribution is -2.41. The van der Waals surface area contributed by atoms with E-state index in [9.17, 15) is 0 Å². The summed E-state index contributed by atoms with van der Waals surface area (Å²) in [4.78, 5) is 10.9. The third-order valence-electron chi connectivity index (χ3n) is 6.02. The molecule has 2 unspecified atom stereocenters. The average Bonchev–Trinajstić information content (AvgIpc) is 2.88. The third-order valence-corrected chi connectivity index (χ3v) is 6.02. The van der Waals surface area contributed by atoms with Crippen LogP contribution in [0.25, 0.3) is 0 Å². The van der Waals surface area contributed by atoms with E-state index in [-0.39, 0.29) is 0 Å². The Bertz CT molecular complexity index is 346. The highest BCUT2D eigenvalue weighted by Crippen LogP contribution is 2.59. The number of fused-ring (bicyclic) bond motifs is 2. The van der Waals surface area contributed by atoms with Crippen LogP contribution in [0.3, 0.4) is 0 Å². The van der Waals surface area contributed by atoms with Crippen LogP contribution >= 0.6 is 0 Å². The number of rotatable bonds is 0. The molecule has 2 nitrogen and oxygen atoms in total. The van der Waals surface area contributed by atoms with Crippen molar-refractivity contribution in [3.8, 4) is 0 Å². The Morgan fingerprint density at radius 1 is 0.647 bits per heavy atom. The molecule has 0 spiro atoms. The molecule has 0 amide bonds. The summed E-state index contributed by atoms with van der Waals surface area (Å²) in [7, 11) is 0. The van der Waals surface area contributed by atoms with Crippen LogP contribution < -0.4 is 0 Å². The minimum atomic E-state index is 0.340. The molecule has 0 aromatic heterocycles. The van der Waals surface area contributed by atoms with Crippen LogP contribution in [0.1, 0.15) is 44.9 Å². The molecule has 0 aromatic rings. The molecular weight excluding hydrogens is 212 g/mol. The Balaban J connectivity index is 1.61. The van der Waals surface area contributed by atoms with Crippen molar-refractivity contribution in [3.05, 3.63) is 11.1 Å². The van der Waals surface area contributed by atoms with Gasteiger partial charge in [0.15, 0.2) is 0 Å². The molecule has 0 aromatic carbocycles. The molecule has 0 N–H and O–H groups in total. The van der Waals surface area contributed by atoms with Crippen LogP contribution in [0.2, 0.25) is 0 Å². The lowest BCUT2D eigenvalue weighted by molar-refractivity contribution is -0.315. The van der Waals surface area contributed by atoms with Crippen molar-refractivity contribution in [2.45, 2.75) is 57.2 Å². The zero-order valence-electron chi connectivity index (χ0n) is 10.2. The Hall–Kier alpha value is -0.340. The first-order valence-corrected chi connectivity index (χ1v) is 7.44. The van der Waals surface area contributed by atoms with Crippen LogP contribution in [0, 0.1) is 23.7 Å². The summed E-state index contributed by atoms with van der Waals surface area (Å²) in [6, 6.07) is 0. The molecule has 5 saturated carbocycles. The smallest absolute Gasteiger partial charge is 0.117 e. The van der Waals surface area contributed by atoms with Crippen LogP contribution in [0.5, 0.6) is 0 Å². The maximum atomic E-state index is 5.46. The second kappa shape index (κ2) is 3.16. The Kier molecular flexibility index (Phi) is 1.78. The first kappa shape index (κ1) is 9.57. The van der Waals surface area contributed by atoms with Gasteiger partial charge in [0.05, 0.1) is 0 Å². The highest BCUT2D eigenvalue weighted by Gasteiger charge is 2.50. The van der Waals surface area contributed by atoms with E-state index in [4.69, 9.17) is 9.78 Å². The van der Waals surface area contributed by atoms with E-state index >= 15 is 0 Å². The van der Waals surface area contributed by atoms with Crippen LogP contribution in [-0.2, 0) is 9.78 Å². The minimum Gasteiger partial charge on any atom is -0.228 e. The molecule has 6 fully saturated rings. The van der Waals surface area contributed by atoms with Gasteiger partial charge >= 0.3 is 0 Å². The molecule has 6 aliphatic rings. The summed E-state index contributed by atoms with van der Waals surface area (Å²) in [6.45, 7) is 0. The van der Waals surface area contributed by atoms with Gasteiger partial charge in [0.2, 0.25) is 0 Å². The van der Waals surface area contributed by atoms with Gasteiger partial charge in [0.25, 0.3) is 0 Å². The minimum absolute atomic E-state index is 0.340. The van der Waals surface area contributed by atoms with E-state index in [2.05, 4.69) is 0 Å². The summed E-state index contributed by atoms with van der Waals surface area (Å²) in [6.07, 6.45) is 10.5. The van der Waals surface area contributed by atoms with Crippen molar-refractivity contribution < 1.29 is 9.78 Å². The van der Waals surface area contributed by atoms with Crippen LogP contribution in [0.4, 0.5) is 0 Å². The fraction of sp³-hybridized carbons (Fsp3) is 0.867. The highest BCUT2D eigenvalue weighted by molar-refractivity contribution is 5.34. The van der Waals surface area contributed by atoms with Crippen molar-refractivity contribution in [1.29, 1.82) is 0 Å². The van der Waals surface area contributed by atoms with Gasteiger partial charge in [-0.05, 0) is 74.2 Å². The second-order valence-corrected chi connectivity index (χ2v) is 6.96. The van der Waals surface area contributed by atoms with Crippen LogP contribution in [0.15, 0.2) is 11.1 Å². The van der Waals surface area contributed by atoms with Crippen molar-refractivity contribution in [1.82, 2.24) is 0 Å². The van der Waals surface area contributed by atoms with Crippen LogP contribution in [-0.4, -0.2) is 12.2 Å². The fourth-order valence-corrected chi connectivity index (χ4v) is 5.69. The number of hydrogen-bond acceptors (Lipinski definition) is 2. The molecule has 1 saturated heterocycles. The SMILES string of the molecule is C1C2CC3CC1CC(C2)C3=C1C2CCC1OO2. The fourth-order valence-electron chi connectivity index (χ4n) is 5.69. The normalized spacial score (nSPS) is 55.1. The Labute approximate surface area is 102 Å². The van der Waals surface area contributed by atoms with Gasteiger partial charge in [-0.2, -0.15) is 0 Å². The largest absolute Gasteiger partial charge is 0.228 e. The van der Waals surface area contributed by atoms with Gasteiger partial charge in [-0.3, -0.25) is 0 Å². The van der Waals surface area contributed by atoms with Gasteiger partial charge in [0, 0.05) is 0 Å². The van der Waals surface area contributed by atoms with Crippen molar-refractivity contribution in [3.63, 3.8) is 0 Å². The molecule has 6 rings (SSSR count). The molecule has 17 heavy (non-hydrogen) atoms.